The van der Waals surface area contributed by atoms with Gasteiger partial charge in [-0.05, 0) is 0 Å². The molecule has 0 fully saturated rings. The van der Waals surface area contributed by atoms with E-state index in [0.29, 0.717) is 18.2 Å². The van der Waals surface area contributed by atoms with Crippen LogP contribution < -0.4 is 5.73 Å². The Balaban J connectivity index is 3.07. The Hall–Kier alpha value is -1.16. The van der Waals surface area contributed by atoms with Crippen LogP contribution in [0.3, 0.4) is 0 Å². The molecule has 4 nitrogen and oxygen atoms in total. The summed E-state index contributed by atoms with van der Waals surface area (Å²) in [6.07, 6.45) is 0. The predicted molar refractivity (Wildman–Crippen MR) is 55.9 cm³/mol. The molecule has 1 aromatic rings. The smallest absolute Gasteiger partial charge is 0.156 e. The molecule has 0 saturated heterocycles. The first-order chi connectivity index (χ1) is 6.43. The highest BCUT2D eigenvalue weighted by Crippen LogP contribution is 2.21. The maximum absolute atomic E-state index is 5.68. The lowest BCUT2D eigenvalue weighted by Gasteiger charge is -2.18. The normalized spacial score (nSPS) is 11.7. The second-order valence-corrected chi connectivity index (χ2v) is 4.28. The van der Waals surface area contributed by atoms with E-state index >= 15 is 0 Å². The molecule has 0 unspecified atom stereocenters. The average molecular weight is 195 g/mol. The van der Waals surface area contributed by atoms with Gasteiger partial charge in [0.05, 0.1) is 5.69 Å². The molecular formula is C10H17N3O. The fourth-order valence-electron chi connectivity index (χ4n) is 1.10. The van der Waals surface area contributed by atoms with Crippen LogP contribution in [0, 0.1) is 0 Å². The number of nitrogens with two attached hydrogens (primary N) is 1. The van der Waals surface area contributed by atoms with E-state index in [1.807, 2.05) is 0 Å². The van der Waals surface area contributed by atoms with Gasteiger partial charge in [0, 0.05) is 18.6 Å². The Kier molecular flexibility index (Phi) is 3.06. The van der Waals surface area contributed by atoms with Crippen LogP contribution in [0.25, 0.3) is 0 Å². The summed E-state index contributed by atoms with van der Waals surface area (Å²) in [7, 11) is 1.61. The van der Waals surface area contributed by atoms with Gasteiger partial charge in [0.1, 0.15) is 12.4 Å². The molecule has 0 spiro atoms. The molecule has 4 heteroatoms. The first-order valence-electron chi connectivity index (χ1n) is 4.56. The molecule has 1 heterocycles. The van der Waals surface area contributed by atoms with Crippen molar-refractivity contribution >= 4 is 5.82 Å². The minimum atomic E-state index is -0.0143. The Labute approximate surface area is 84.5 Å². The maximum Gasteiger partial charge on any atom is 0.156 e. The minimum Gasteiger partial charge on any atom is -0.384 e. The minimum absolute atomic E-state index is 0.0143. The fraction of sp³-hybridized carbons (Fsp3) is 0.600. The van der Waals surface area contributed by atoms with Crippen molar-refractivity contribution in [1.29, 1.82) is 0 Å². The lowest BCUT2D eigenvalue weighted by atomic mass is 9.92. The van der Waals surface area contributed by atoms with E-state index < -0.39 is 0 Å². The van der Waals surface area contributed by atoms with Crippen LogP contribution in [0.5, 0.6) is 0 Å². The van der Waals surface area contributed by atoms with Crippen molar-refractivity contribution in [1.82, 2.24) is 9.97 Å². The number of anilines is 1. The Morgan fingerprint density at radius 2 is 2.00 bits per heavy atom. The van der Waals surface area contributed by atoms with E-state index in [-0.39, 0.29) is 5.41 Å². The third kappa shape index (κ3) is 2.67. The van der Waals surface area contributed by atoms with Gasteiger partial charge < -0.3 is 10.5 Å². The van der Waals surface area contributed by atoms with Crippen LogP contribution in [-0.2, 0) is 16.8 Å². The van der Waals surface area contributed by atoms with Crippen LogP contribution in [0.4, 0.5) is 5.82 Å². The van der Waals surface area contributed by atoms with E-state index in [9.17, 15) is 0 Å². The second kappa shape index (κ2) is 3.92. The van der Waals surface area contributed by atoms with Crippen molar-refractivity contribution in [3.8, 4) is 0 Å². The van der Waals surface area contributed by atoms with Crippen molar-refractivity contribution in [2.45, 2.75) is 32.8 Å². The van der Waals surface area contributed by atoms with Gasteiger partial charge in [0.25, 0.3) is 0 Å². The van der Waals surface area contributed by atoms with Crippen molar-refractivity contribution in [2.24, 2.45) is 0 Å². The summed E-state index contributed by atoms with van der Waals surface area (Å²) in [6, 6.07) is 1.80. The Morgan fingerprint density at radius 1 is 1.36 bits per heavy atom. The summed E-state index contributed by atoms with van der Waals surface area (Å²) in [5, 5.41) is 0. The van der Waals surface area contributed by atoms with Gasteiger partial charge in [-0.15, -0.1) is 0 Å². The van der Waals surface area contributed by atoms with Gasteiger partial charge in [0.2, 0.25) is 0 Å². The molecule has 1 aromatic heterocycles. The van der Waals surface area contributed by atoms with Crippen LogP contribution in [0.15, 0.2) is 6.07 Å². The molecule has 0 bridgehead atoms. The van der Waals surface area contributed by atoms with Crippen LogP contribution in [0.2, 0.25) is 0 Å². The summed E-state index contributed by atoms with van der Waals surface area (Å²) in [5.41, 5.74) is 6.61. The lowest BCUT2D eigenvalue weighted by molar-refractivity contribution is 0.177. The van der Waals surface area contributed by atoms with Crippen LogP contribution >= 0.6 is 0 Å². The van der Waals surface area contributed by atoms with E-state index in [1.54, 1.807) is 13.2 Å². The number of methoxy groups -OCH3 is 1. The number of hydrogen-bond acceptors (Lipinski definition) is 4. The van der Waals surface area contributed by atoms with E-state index in [1.165, 1.54) is 0 Å². The average Bonchev–Trinajstić information content (AvgIpc) is 2.02. The summed E-state index contributed by atoms with van der Waals surface area (Å²) in [4.78, 5) is 8.46. The maximum atomic E-state index is 5.68. The first kappa shape index (κ1) is 10.9. The number of hydrogen-bond donors (Lipinski definition) is 1. The van der Waals surface area contributed by atoms with Gasteiger partial charge >= 0.3 is 0 Å². The predicted octanol–water partition coefficient (Wildman–Crippen LogP) is 1.50. The molecule has 1 rings (SSSR count). The van der Waals surface area contributed by atoms with Crippen LogP contribution in [0.1, 0.15) is 32.3 Å². The van der Waals surface area contributed by atoms with Gasteiger partial charge in [-0.25, -0.2) is 9.97 Å². The second-order valence-electron chi connectivity index (χ2n) is 4.28. The van der Waals surface area contributed by atoms with Crippen molar-refractivity contribution in [3.63, 3.8) is 0 Å². The van der Waals surface area contributed by atoms with Gasteiger partial charge in [-0.2, -0.15) is 0 Å². The van der Waals surface area contributed by atoms with E-state index in [0.717, 1.165) is 5.69 Å². The zero-order chi connectivity index (χ0) is 10.8. The third-order valence-electron chi connectivity index (χ3n) is 1.83. The van der Waals surface area contributed by atoms with Gasteiger partial charge in [-0.3, -0.25) is 0 Å². The van der Waals surface area contributed by atoms with Crippen molar-refractivity contribution in [3.05, 3.63) is 17.6 Å². The van der Waals surface area contributed by atoms with Crippen molar-refractivity contribution < 1.29 is 4.74 Å². The van der Waals surface area contributed by atoms with Crippen molar-refractivity contribution in [2.75, 3.05) is 12.8 Å². The topological polar surface area (TPSA) is 61.0 Å². The number of nitrogen functional groups attached to an aromatic ring is 1. The molecule has 0 atom stereocenters. The molecule has 0 aliphatic carbocycles. The van der Waals surface area contributed by atoms with Crippen LogP contribution in [-0.4, -0.2) is 17.1 Å². The molecule has 0 aliphatic heterocycles. The highest BCUT2D eigenvalue weighted by atomic mass is 16.5. The standard InChI is InChI=1S/C10H17N3O/c1-10(2,3)7-5-8(11)13-9(12-7)6-14-4/h5H,6H2,1-4H3,(H2,11,12,13). The monoisotopic (exact) mass is 195 g/mol. The molecule has 0 radical (unpaired) electrons. The number of nitrogens with zero attached hydrogens (tertiary/aromatic N) is 2. The number of aromatic nitrogens is 2. The summed E-state index contributed by atoms with van der Waals surface area (Å²) >= 11 is 0. The quantitative estimate of drug-likeness (QED) is 0.777. The molecule has 0 aromatic carbocycles. The molecular weight excluding hydrogens is 178 g/mol. The lowest BCUT2D eigenvalue weighted by Crippen LogP contribution is -2.16. The van der Waals surface area contributed by atoms with Gasteiger partial charge in [0.15, 0.2) is 5.82 Å². The molecule has 78 valence electrons. The van der Waals surface area contributed by atoms with E-state index in [2.05, 4.69) is 30.7 Å². The SMILES string of the molecule is COCc1nc(N)cc(C(C)(C)C)n1. The number of ether oxygens (including phenoxy) is 1. The highest BCUT2D eigenvalue weighted by molar-refractivity contribution is 5.32. The zero-order valence-electron chi connectivity index (χ0n) is 9.16. The largest absolute Gasteiger partial charge is 0.384 e. The summed E-state index contributed by atoms with van der Waals surface area (Å²) < 4.78 is 4.97. The molecule has 0 saturated carbocycles. The zero-order valence-corrected chi connectivity index (χ0v) is 9.16. The van der Waals surface area contributed by atoms with E-state index in [4.69, 9.17) is 10.5 Å². The summed E-state index contributed by atoms with van der Waals surface area (Å²) in [5.74, 6) is 1.13. The Bertz CT molecular complexity index is 318. The summed E-state index contributed by atoms with van der Waals surface area (Å²) in [6.45, 7) is 6.66. The highest BCUT2D eigenvalue weighted by Gasteiger charge is 2.17. The number of rotatable bonds is 2. The third-order valence-corrected chi connectivity index (χ3v) is 1.83. The van der Waals surface area contributed by atoms with Gasteiger partial charge in [-0.1, -0.05) is 20.8 Å². The molecule has 14 heavy (non-hydrogen) atoms. The molecule has 2 N–H and O–H groups in total. The first-order valence-corrected chi connectivity index (χ1v) is 4.56. The molecule has 0 amide bonds. The molecule has 0 aliphatic rings. The fourth-order valence-corrected chi connectivity index (χ4v) is 1.10. The Morgan fingerprint density at radius 3 is 2.50 bits per heavy atom.